The minimum Gasteiger partial charge on any atom is -0.460 e. The van der Waals surface area contributed by atoms with E-state index in [1.165, 1.54) is 16.4 Å². The number of carbonyl (C=O) groups is 1. The van der Waals surface area contributed by atoms with E-state index in [0.717, 1.165) is 38.5 Å². The van der Waals surface area contributed by atoms with E-state index in [4.69, 9.17) is 4.74 Å². The van der Waals surface area contributed by atoms with Crippen LogP contribution in [0, 0.1) is 0 Å². The molecule has 2 heterocycles. The second-order valence-corrected chi connectivity index (χ2v) is 9.67. The number of rotatable bonds is 6. The van der Waals surface area contributed by atoms with Crippen molar-refractivity contribution < 1.29 is 17.9 Å². The first-order valence-electron chi connectivity index (χ1n) is 10.4. The molecule has 1 aromatic carbocycles. The molecule has 0 bridgehead atoms. The smallest absolute Gasteiger partial charge is 0.316 e. The Kier molecular flexibility index (Phi) is 6.29. The van der Waals surface area contributed by atoms with Gasteiger partial charge in [0.15, 0.2) is 0 Å². The molecule has 0 radical (unpaired) electrons. The zero-order valence-electron chi connectivity index (χ0n) is 16.7. The van der Waals surface area contributed by atoms with Gasteiger partial charge in [-0.2, -0.15) is 4.31 Å². The average Bonchev–Trinajstić information content (AvgIpc) is 3.32. The number of ether oxygens (including phenoxy) is 1. The summed E-state index contributed by atoms with van der Waals surface area (Å²) in [6, 6.07) is 8.41. The summed E-state index contributed by atoms with van der Waals surface area (Å²) < 4.78 is 32.5. The Morgan fingerprint density at radius 2 is 1.63 bits per heavy atom. The van der Waals surface area contributed by atoms with E-state index in [9.17, 15) is 13.2 Å². The van der Waals surface area contributed by atoms with Crippen LogP contribution in [0.25, 0.3) is 0 Å². The lowest BCUT2D eigenvalue weighted by atomic mass is 9.92. The number of aromatic nitrogens is 2. The molecule has 1 aliphatic carbocycles. The molecular weight excluding hydrogens is 404 g/mol. The zero-order chi connectivity index (χ0) is 21.0. The highest BCUT2D eigenvalue weighted by molar-refractivity contribution is 7.89. The van der Waals surface area contributed by atoms with Crippen LogP contribution >= 0.6 is 0 Å². The topological polar surface area (TPSA) is 101 Å². The summed E-state index contributed by atoms with van der Waals surface area (Å²) >= 11 is 0. The Labute approximate surface area is 176 Å². The Hall–Kier alpha value is -2.52. The summed E-state index contributed by atoms with van der Waals surface area (Å²) in [6.45, 7) is 1.13. The van der Waals surface area contributed by atoms with Crippen molar-refractivity contribution in [2.45, 2.75) is 55.6 Å². The molecule has 9 heteroatoms. The summed E-state index contributed by atoms with van der Waals surface area (Å²) in [7, 11) is -3.46. The molecular formula is C21H26N4O4S. The van der Waals surface area contributed by atoms with E-state index in [0.29, 0.717) is 24.7 Å². The number of nitrogens with zero attached hydrogens (tertiary/aromatic N) is 3. The van der Waals surface area contributed by atoms with Gasteiger partial charge >= 0.3 is 6.01 Å². The molecule has 1 N–H and O–H groups in total. The van der Waals surface area contributed by atoms with Gasteiger partial charge in [0.1, 0.15) is 6.10 Å². The number of hydrogen-bond acceptors (Lipinski definition) is 6. The van der Waals surface area contributed by atoms with E-state index >= 15 is 0 Å². The van der Waals surface area contributed by atoms with Crippen molar-refractivity contribution in [1.29, 1.82) is 0 Å². The van der Waals surface area contributed by atoms with Crippen LogP contribution in [-0.4, -0.2) is 53.8 Å². The Morgan fingerprint density at radius 1 is 1.00 bits per heavy atom. The highest BCUT2D eigenvalue weighted by atomic mass is 32.2. The number of benzene rings is 1. The van der Waals surface area contributed by atoms with Gasteiger partial charge in [-0.25, -0.2) is 18.4 Å². The SMILES string of the molecule is O=C(NC1CCC(Oc2ncccn2)CC1)c1ccc(S(=O)(=O)N2CCCC2)cc1. The van der Waals surface area contributed by atoms with Crippen molar-refractivity contribution in [2.75, 3.05) is 13.1 Å². The first-order valence-corrected chi connectivity index (χ1v) is 11.8. The van der Waals surface area contributed by atoms with Gasteiger partial charge in [0.2, 0.25) is 10.0 Å². The number of hydrogen-bond donors (Lipinski definition) is 1. The maximum atomic E-state index is 12.6. The number of carbonyl (C=O) groups excluding carboxylic acids is 1. The van der Waals surface area contributed by atoms with Crippen LogP contribution < -0.4 is 10.1 Å². The molecule has 1 saturated carbocycles. The molecule has 0 spiro atoms. The predicted molar refractivity (Wildman–Crippen MR) is 111 cm³/mol. The van der Waals surface area contributed by atoms with E-state index in [2.05, 4.69) is 15.3 Å². The fraction of sp³-hybridized carbons (Fsp3) is 0.476. The third kappa shape index (κ3) is 4.79. The molecule has 1 aliphatic heterocycles. The summed E-state index contributed by atoms with van der Waals surface area (Å²) in [4.78, 5) is 21.0. The van der Waals surface area contributed by atoms with Crippen LogP contribution in [0.4, 0.5) is 0 Å². The van der Waals surface area contributed by atoms with Crippen molar-refractivity contribution >= 4 is 15.9 Å². The lowest BCUT2D eigenvalue weighted by Crippen LogP contribution is -2.39. The largest absolute Gasteiger partial charge is 0.460 e. The Bertz CT molecular complexity index is 952. The second kappa shape index (κ2) is 9.09. The van der Waals surface area contributed by atoms with E-state index < -0.39 is 10.0 Å². The van der Waals surface area contributed by atoms with Gasteiger partial charge in [-0.15, -0.1) is 0 Å². The molecule has 2 aromatic rings. The van der Waals surface area contributed by atoms with Crippen LogP contribution in [0.15, 0.2) is 47.6 Å². The van der Waals surface area contributed by atoms with Crippen molar-refractivity contribution in [3.63, 3.8) is 0 Å². The minimum absolute atomic E-state index is 0.0515. The number of nitrogens with one attached hydrogen (secondary N) is 1. The minimum atomic E-state index is -3.46. The first-order chi connectivity index (χ1) is 14.5. The third-order valence-corrected chi connectivity index (χ3v) is 7.56. The summed E-state index contributed by atoms with van der Waals surface area (Å²) in [6.07, 6.45) is 8.39. The van der Waals surface area contributed by atoms with Crippen LogP contribution in [0.5, 0.6) is 6.01 Å². The van der Waals surface area contributed by atoms with Gasteiger partial charge in [-0.3, -0.25) is 4.79 Å². The normalized spacial score (nSPS) is 22.5. The monoisotopic (exact) mass is 430 g/mol. The van der Waals surface area contributed by atoms with Crippen LogP contribution in [0.2, 0.25) is 0 Å². The fourth-order valence-electron chi connectivity index (χ4n) is 3.94. The average molecular weight is 431 g/mol. The fourth-order valence-corrected chi connectivity index (χ4v) is 5.46. The van der Waals surface area contributed by atoms with Crippen molar-refractivity contribution in [1.82, 2.24) is 19.6 Å². The van der Waals surface area contributed by atoms with Gasteiger partial charge in [0, 0.05) is 37.1 Å². The maximum absolute atomic E-state index is 12.6. The molecule has 1 aromatic heterocycles. The molecule has 30 heavy (non-hydrogen) atoms. The Morgan fingerprint density at radius 3 is 2.27 bits per heavy atom. The molecule has 2 fully saturated rings. The molecule has 160 valence electrons. The molecule has 0 atom stereocenters. The highest BCUT2D eigenvalue weighted by Gasteiger charge is 2.28. The lowest BCUT2D eigenvalue weighted by Gasteiger charge is -2.28. The summed E-state index contributed by atoms with van der Waals surface area (Å²) in [5.74, 6) is -0.184. The second-order valence-electron chi connectivity index (χ2n) is 7.73. The van der Waals surface area contributed by atoms with E-state index in [1.54, 1.807) is 30.6 Å². The molecule has 1 amide bonds. The number of amides is 1. The molecule has 4 rings (SSSR count). The first kappa shape index (κ1) is 20.7. The van der Waals surface area contributed by atoms with Gasteiger partial charge in [0.25, 0.3) is 5.91 Å². The van der Waals surface area contributed by atoms with Crippen LogP contribution in [-0.2, 0) is 10.0 Å². The molecule has 2 aliphatic rings. The molecule has 0 unspecified atom stereocenters. The van der Waals surface area contributed by atoms with E-state index in [1.807, 2.05) is 0 Å². The zero-order valence-corrected chi connectivity index (χ0v) is 17.6. The summed E-state index contributed by atoms with van der Waals surface area (Å²) in [5.41, 5.74) is 0.464. The molecule has 8 nitrogen and oxygen atoms in total. The highest BCUT2D eigenvalue weighted by Crippen LogP contribution is 2.23. The molecule has 1 saturated heterocycles. The van der Waals surface area contributed by atoms with Gasteiger partial charge in [-0.05, 0) is 68.9 Å². The lowest BCUT2D eigenvalue weighted by molar-refractivity contribution is 0.0885. The van der Waals surface area contributed by atoms with Crippen molar-refractivity contribution in [2.24, 2.45) is 0 Å². The van der Waals surface area contributed by atoms with Crippen molar-refractivity contribution in [3.05, 3.63) is 48.3 Å². The van der Waals surface area contributed by atoms with Crippen molar-refractivity contribution in [3.8, 4) is 6.01 Å². The van der Waals surface area contributed by atoms with Gasteiger partial charge in [-0.1, -0.05) is 0 Å². The Balaban J connectivity index is 1.29. The summed E-state index contributed by atoms with van der Waals surface area (Å²) in [5, 5.41) is 3.05. The van der Waals surface area contributed by atoms with Gasteiger partial charge < -0.3 is 10.1 Å². The van der Waals surface area contributed by atoms with Crippen LogP contribution in [0.3, 0.4) is 0 Å². The maximum Gasteiger partial charge on any atom is 0.316 e. The van der Waals surface area contributed by atoms with Crippen LogP contribution in [0.1, 0.15) is 48.9 Å². The predicted octanol–water partition coefficient (Wildman–Crippen LogP) is 2.38. The van der Waals surface area contributed by atoms with E-state index in [-0.39, 0.29) is 22.9 Å². The quantitative estimate of drug-likeness (QED) is 0.755. The third-order valence-electron chi connectivity index (χ3n) is 5.64. The van der Waals surface area contributed by atoms with Gasteiger partial charge in [0.05, 0.1) is 4.90 Å². The standard InChI is InChI=1S/C21H26N4O4S/c26-20(16-4-10-19(11-5-16)30(27,28)25-14-1-2-15-25)24-17-6-8-18(9-7-17)29-21-22-12-3-13-23-21/h3-5,10-13,17-18H,1-2,6-9,14-15H2,(H,24,26). The number of sulfonamides is 1.